The van der Waals surface area contributed by atoms with E-state index in [1.165, 1.54) is 0 Å². The number of ether oxygens (including phenoxy) is 1. The molecule has 0 spiro atoms. The van der Waals surface area contributed by atoms with Gasteiger partial charge in [-0.3, -0.25) is 4.90 Å². The summed E-state index contributed by atoms with van der Waals surface area (Å²) in [6.45, 7) is 10.8. The molecule has 0 aliphatic heterocycles. The minimum absolute atomic E-state index is 0.595. The van der Waals surface area contributed by atoms with Crippen LogP contribution < -0.4 is 4.74 Å². The number of hydrogen-bond acceptors (Lipinski definition) is 2. The molecule has 0 heterocycles. The zero-order chi connectivity index (χ0) is 13.5. The third kappa shape index (κ3) is 5.40. The topological polar surface area (TPSA) is 12.5 Å². The van der Waals surface area contributed by atoms with Crippen LogP contribution in [0, 0.1) is 0 Å². The minimum atomic E-state index is 0.595. The Morgan fingerprint density at radius 3 is 2.11 bits per heavy atom. The van der Waals surface area contributed by atoms with E-state index in [2.05, 4.69) is 48.5 Å². The lowest BCUT2D eigenvalue weighted by atomic mass is 10.2. The van der Waals surface area contributed by atoms with Gasteiger partial charge in [0.25, 0.3) is 0 Å². The van der Waals surface area contributed by atoms with Crippen LogP contribution in [-0.2, 0) is 0 Å². The quantitative estimate of drug-likeness (QED) is 0.694. The van der Waals surface area contributed by atoms with Gasteiger partial charge < -0.3 is 4.74 Å². The predicted octanol–water partition coefficient (Wildman–Crippen LogP) is 4.34. The third-order valence-corrected chi connectivity index (χ3v) is 3.50. The highest BCUT2D eigenvalue weighted by molar-refractivity contribution is 9.10. The van der Waals surface area contributed by atoms with Gasteiger partial charge in [-0.2, -0.15) is 0 Å². The van der Waals surface area contributed by atoms with Gasteiger partial charge in [0.15, 0.2) is 0 Å². The molecule has 0 amide bonds. The van der Waals surface area contributed by atoms with Crippen LogP contribution in [0.4, 0.5) is 0 Å². The number of rotatable bonds is 7. The standard InChI is InChI=1S/C15H24BrNO/c1-12(2)17(13(3)4)10-5-11-18-15-8-6-14(16)7-9-15/h6-9,12-13H,5,10-11H2,1-4H3. The van der Waals surface area contributed by atoms with Crippen molar-refractivity contribution in [1.29, 1.82) is 0 Å². The molecule has 0 fully saturated rings. The Morgan fingerprint density at radius 1 is 1.06 bits per heavy atom. The summed E-state index contributed by atoms with van der Waals surface area (Å²) < 4.78 is 6.81. The van der Waals surface area contributed by atoms with Gasteiger partial charge in [-0.05, 0) is 58.4 Å². The molecule has 0 N–H and O–H groups in total. The summed E-state index contributed by atoms with van der Waals surface area (Å²) in [7, 11) is 0. The summed E-state index contributed by atoms with van der Waals surface area (Å²) in [5, 5.41) is 0. The molecule has 1 rings (SSSR count). The molecule has 102 valence electrons. The fraction of sp³-hybridized carbons (Fsp3) is 0.600. The van der Waals surface area contributed by atoms with Crippen molar-refractivity contribution < 1.29 is 4.74 Å². The van der Waals surface area contributed by atoms with Crippen LogP contribution in [0.5, 0.6) is 5.75 Å². The summed E-state index contributed by atoms with van der Waals surface area (Å²) in [5.74, 6) is 0.943. The summed E-state index contributed by atoms with van der Waals surface area (Å²) in [5.41, 5.74) is 0. The largest absolute Gasteiger partial charge is 0.494 e. The fourth-order valence-corrected chi connectivity index (χ4v) is 2.34. The van der Waals surface area contributed by atoms with E-state index in [1.54, 1.807) is 0 Å². The van der Waals surface area contributed by atoms with Crippen molar-refractivity contribution >= 4 is 15.9 Å². The molecule has 0 unspecified atom stereocenters. The van der Waals surface area contributed by atoms with E-state index in [0.29, 0.717) is 12.1 Å². The maximum atomic E-state index is 5.72. The highest BCUT2D eigenvalue weighted by Crippen LogP contribution is 2.16. The summed E-state index contributed by atoms with van der Waals surface area (Å²) in [6.07, 6.45) is 1.06. The van der Waals surface area contributed by atoms with Crippen molar-refractivity contribution in [2.24, 2.45) is 0 Å². The highest BCUT2D eigenvalue weighted by atomic mass is 79.9. The monoisotopic (exact) mass is 313 g/mol. The molecule has 1 aromatic carbocycles. The van der Waals surface area contributed by atoms with E-state index in [-0.39, 0.29) is 0 Å². The van der Waals surface area contributed by atoms with Crippen molar-refractivity contribution in [2.75, 3.05) is 13.2 Å². The molecule has 0 saturated heterocycles. The molecule has 3 heteroatoms. The second-order valence-corrected chi connectivity index (χ2v) is 6.00. The Labute approximate surface area is 119 Å². The molecule has 2 nitrogen and oxygen atoms in total. The van der Waals surface area contributed by atoms with E-state index in [4.69, 9.17) is 4.74 Å². The van der Waals surface area contributed by atoms with Crippen LogP contribution in [-0.4, -0.2) is 30.1 Å². The fourth-order valence-electron chi connectivity index (χ4n) is 2.08. The van der Waals surface area contributed by atoms with E-state index in [1.807, 2.05) is 24.3 Å². The molecule has 0 aliphatic rings. The Morgan fingerprint density at radius 2 is 1.61 bits per heavy atom. The zero-order valence-electron chi connectivity index (χ0n) is 11.8. The van der Waals surface area contributed by atoms with Crippen LogP contribution in [0.2, 0.25) is 0 Å². The summed E-state index contributed by atoms with van der Waals surface area (Å²) in [4.78, 5) is 2.49. The number of halogens is 1. The van der Waals surface area contributed by atoms with Gasteiger partial charge in [0.2, 0.25) is 0 Å². The first-order valence-corrected chi connectivity index (χ1v) is 7.44. The molecule has 0 atom stereocenters. The molecule has 0 radical (unpaired) electrons. The average molecular weight is 314 g/mol. The molecule has 0 aliphatic carbocycles. The average Bonchev–Trinajstić information content (AvgIpc) is 2.30. The van der Waals surface area contributed by atoms with E-state index in [0.717, 1.165) is 29.8 Å². The highest BCUT2D eigenvalue weighted by Gasteiger charge is 2.12. The van der Waals surface area contributed by atoms with Gasteiger partial charge in [-0.1, -0.05) is 15.9 Å². The van der Waals surface area contributed by atoms with E-state index in [9.17, 15) is 0 Å². The van der Waals surface area contributed by atoms with E-state index >= 15 is 0 Å². The van der Waals surface area contributed by atoms with Gasteiger partial charge in [-0.15, -0.1) is 0 Å². The second kappa shape index (κ2) is 7.80. The van der Waals surface area contributed by atoms with Crippen molar-refractivity contribution in [1.82, 2.24) is 4.90 Å². The number of hydrogen-bond donors (Lipinski definition) is 0. The van der Waals surface area contributed by atoms with Crippen LogP contribution in [0.25, 0.3) is 0 Å². The predicted molar refractivity (Wildman–Crippen MR) is 81.2 cm³/mol. The molecule has 0 aromatic heterocycles. The SMILES string of the molecule is CC(C)N(CCCOc1ccc(Br)cc1)C(C)C. The van der Waals surface area contributed by atoms with Crippen molar-refractivity contribution in [3.63, 3.8) is 0 Å². The van der Waals surface area contributed by atoms with Gasteiger partial charge >= 0.3 is 0 Å². The van der Waals surface area contributed by atoms with Crippen LogP contribution in [0.15, 0.2) is 28.7 Å². The smallest absolute Gasteiger partial charge is 0.119 e. The van der Waals surface area contributed by atoms with Gasteiger partial charge in [-0.25, -0.2) is 0 Å². The Balaban J connectivity index is 2.27. The van der Waals surface area contributed by atoms with E-state index < -0.39 is 0 Å². The zero-order valence-corrected chi connectivity index (χ0v) is 13.4. The normalized spacial score (nSPS) is 11.6. The van der Waals surface area contributed by atoms with Gasteiger partial charge in [0, 0.05) is 23.1 Å². The summed E-state index contributed by atoms with van der Waals surface area (Å²) in [6, 6.07) is 9.18. The molecule has 0 saturated carbocycles. The minimum Gasteiger partial charge on any atom is -0.494 e. The Kier molecular flexibility index (Phi) is 6.72. The lowest BCUT2D eigenvalue weighted by molar-refractivity contribution is 0.160. The summed E-state index contributed by atoms with van der Waals surface area (Å²) >= 11 is 3.42. The van der Waals surface area contributed by atoms with Crippen LogP contribution in [0.1, 0.15) is 34.1 Å². The molecule has 0 bridgehead atoms. The maximum Gasteiger partial charge on any atom is 0.119 e. The Hall–Kier alpha value is -0.540. The molecule has 1 aromatic rings. The molecule has 18 heavy (non-hydrogen) atoms. The maximum absolute atomic E-state index is 5.72. The first-order chi connectivity index (χ1) is 8.50. The first kappa shape index (κ1) is 15.5. The van der Waals surface area contributed by atoms with Crippen LogP contribution in [0.3, 0.4) is 0 Å². The number of benzene rings is 1. The van der Waals surface area contributed by atoms with Gasteiger partial charge in [0.05, 0.1) is 6.61 Å². The van der Waals surface area contributed by atoms with Crippen molar-refractivity contribution in [3.8, 4) is 5.75 Å². The lowest BCUT2D eigenvalue weighted by Crippen LogP contribution is -2.38. The second-order valence-electron chi connectivity index (χ2n) is 5.08. The van der Waals surface area contributed by atoms with Gasteiger partial charge in [0.1, 0.15) is 5.75 Å². The number of nitrogens with zero attached hydrogens (tertiary/aromatic N) is 1. The first-order valence-electron chi connectivity index (χ1n) is 6.65. The third-order valence-electron chi connectivity index (χ3n) is 2.97. The van der Waals surface area contributed by atoms with Crippen molar-refractivity contribution in [2.45, 2.75) is 46.2 Å². The van der Waals surface area contributed by atoms with Crippen LogP contribution >= 0.6 is 15.9 Å². The molecular weight excluding hydrogens is 290 g/mol. The Bertz CT molecular complexity index is 327. The van der Waals surface area contributed by atoms with Crippen molar-refractivity contribution in [3.05, 3.63) is 28.7 Å². The molecular formula is C15H24BrNO. The lowest BCUT2D eigenvalue weighted by Gasteiger charge is -2.30.